The second-order valence-corrected chi connectivity index (χ2v) is 11.3. The Labute approximate surface area is 251 Å². The van der Waals surface area contributed by atoms with Crippen LogP contribution in [0.15, 0.2) is 94.9 Å². The van der Waals surface area contributed by atoms with Gasteiger partial charge < -0.3 is 19.2 Å². The van der Waals surface area contributed by atoms with Crippen LogP contribution in [0.4, 0.5) is 0 Å². The molecular weight excluding hydrogens is 554 g/mol. The number of rotatable bonds is 5. The van der Waals surface area contributed by atoms with E-state index in [-0.39, 0.29) is 42.9 Å². The van der Waals surface area contributed by atoms with Crippen molar-refractivity contribution in [1.29, 1.82) is 0 Å². The van der Waals surface area contributed by atoms with Gasteiger partial charge in [-0.05, 0) is 46.2 Å². The molecule has 1 N–H and O–H groups in total. The number of carbonyl (C=O) groups is 1. The summed E-state index contributed by atoms with van der Waals surface area (Å²) in [5, 5.41) is 21.0. The zero-order chi connectivity index (χ0) is 30.0. The molecule has 0 radical (unpaired) electrons. The number of para-hydroxylation sites is 1. The molecule has 4 heterocycles. The first-order valence-corrected chi connectivity index (χ1v) is 14.6. The van der Waals surface area contributed by atoms with Crippen LogP contribution in [0.5, 0.6) is 0 Å². The Hall–Kier alpha value is -5.34. The quantitative estimate of drug-likeness (QED) is 0.117. The van der Waals surface area contributed by atoms with Crippen LogP contribution in [-0.4, -0.2) is 26.8 Å². The molecule has 0 fully saturated rings. The molecule has 216 valence electrons. The standard InChI is InChI=1S/C36H27N3O5/c1-2-36(42)30-16-32-33-27(18-39(32)34(40)29(30)19-43-35(36)41)26(25-13-7-8-14-31(25)38-33)17-37-44-20-28-23-11-5-3-9-21(23)15-22-10-4-6-12-24(22)28/h3-17,42H,2,18-20H2,1H3/b37-17+/t36-/m0/s1. The highest BCUT2D eigenvalue weighted by Gasteiger charge is 2.45. The SMILES string of the molecule is CC[C@@]1(O)C(=O)OCc2c1cc1n(c2=O)Cc2c-1nc1ccccc1c2/C=N/OCc1c2ccccc2cc2ccccc12. The fourth-order valence-electron chi connectivity index (χ4n) is 6.66. The third-order valence-electron chi connectivity index (χ3n) is 8.99. The Morgan fingerprint density at radius 2 is 1.64 bits per heavy atom. The van der Waals surface area contributed by atoms with Crippen LogP contribution < -0.4 is 5.56 Å². The lowest BCUT2D eigenvalue weighted by Gasteiger charge is -2.31. The second kappa shape index (κ2) is 9.86. The van der Waals surface area contributed by atoms with E-state index in [1.807, 2.05) is 48.5 Å². The van der Waals surface area contributed by atoms with Crippen LogP contribution in [-0.2, 0) is 39.7 Å². The molecule has 2 aromatic heterocycles. The van der Waals surface area contributed by atoms with Crippen molar-refractivity contribution in [3.8, 4) is 11.4 Å². The first-order chi connectivity index (χ1) is 21.5. The molecule has 8 nitrogen and oxygen atoms in total. The highest BCUT2D eigenvalue weighted by Crippen LogP contribution is 2.40. The first-order valence-electron chi connectivity index (χ1n) is 14.6. The average Bonchev–Trinajstić information content (AvgIpc) is 3.42. The molecule has 0 aliphatic carbocycles. The molecule has 0 saturated carbocycles. The number of hydrogen-bond donors (Lipinski definition) is 1. The Bertz CT molecular complexity index is 2220. The maximum Gasteiger partial charge on any atom is 0.343 e. The molecule has 1 atom stereocenters. The molecule has 0 unspecified atom stereocenters. The Morgan fingerprint density at radius 1 is 0.955 bits per heavy atom. The fraction of sp³-hybridized carbons (Fsp3) is 0.167. The van der Waals surface area contributed by atoms with Gasteiger partial charge in [-0.25, -0.2) is 9.78 Å². The average molecular weight is 582 g/mol. The lowest BCUT2D eigenvalue weighted by molar-refractivity contribution is -0.172. The molecule has 0 amide bonds. The zero-order valence-electron chi connectivity index (χ0n) is 23.9. The van der Waals surface area contributed by atoms with E-state index < -0.39 is 11.6 Å². The molecule has 0 spiro atoms. The van der Waals surface area contributed by atoms with Crippen LogP contribution >= 0.6 is 0 Å². The minimum Gasteiger partial charge on any atom is -0.458 e. The van der Waals surface area contributed by atoms with E-state index in [0.29, 0.717) is 11.4 Å². The van der Waals surface area contributed by atoms with Gasteiger partial charge in [0, 0.05) is 27.6 Å². The minimum atomic E-state index is -1.88. The number of esters is 1. The maximum absolute atomic E-state index is 13.7. The van der Waals surface area contributed by atoms with Gasteiger partial charge in [0.05, 0.1) is 35.2 Å². The Morgan fingerprint density at radius 3 is 2.36 bits per heavy atom. The number of benzene rings is 4. The van der Waals surface area contributed by atoms with Gasteiger partial charge in [0.1, 0.15) is 13.2 Å². The maximum atomic E-state index is 13.7. The van der Waals surface area contributed by atoms with Crippen LogP contribution in [0.3, 0.4) is 0 Å². The number of nitrogens with zero attached hydrogens (tertiary/aromatic N) is 3. The van der Waals surface area contributed by atoms with Crippen LogP contribution in [0.1, 0.15) is 41.2 Å². The number of fused-ring (bicyclic) bond motifs is 7. The molecule has 2 aliphatic heterocycles. The molecule has 2 aliphatic rings. The number of aliphatic hydroxyl groups is 1. The number of cyclic esters (lactones) is 1. The molecular formula is C36H27N3O5. The lowest BCUT2D eigenvalue weighted by Crippen LogP contribution is -2.44. The van der Waals surface area contributed by atoms with Crippen LogP contribution in [0.2, 0.25) is 0 Å². The zero-order valence-corrected chi connectivity index (χ0v) is 23.9. The molecule has 0 saturated heterocycles. The van der Waals surface area contributed by atoms with Gasteiger partial charge in [-0.3, -0.25) is 4.79 Å². The number of oxime groups is 1. The summed E-state index contributed by atoms with van der Waals surface area (Å²) in [4.78, 5) is 37.2. The predicted octanol–water partition coefficient (Wildman–Crippen LogP) is 5.94. The molecule has 6 aromatic rings. The van der Waals surface area contributed by atoms with Crippen LogP contribution in [0.25, 0.3) is 43.8 Å². The van der Waals surface area contributed by atoms with Crippen molar-refractivity contribution in [2.24, 2.45) is 5.16 Å². The fourth-order valence-corrected chi connectivity index (χ4v) is 6.66. The number of ether oxygens (including phenoxy) is 1. The molecule has 0 bridgehead atoms. The normalized spacial score (nSPS) is 17.2. The van der Waals surface area contributed by atoms with E-state index in [1.165, 1.54) is 0 Å². The number of carbonyl (C=O) groups excluding carboxylic acids is 1. The predicted molar refractivity (Wildman–Crippen MR) is 168 cm³/mol. The van der Waals surface area contributed by atoms with E-state index in [0.717, 1.165) is 49.1 Å². The minimum absolute atomic E-state index is 0.0843. The molecule has 4 aromatic carbocycles. The van der Waals surface area contributed by atoms with Crippen molar-refractivity contribution < 1.29 is 19.5 Å². The number of aromatic nitrogens is 2. The van der Waals surface area contributed by atoms with Crippen molar-refractivity contribution in [3.63, 3.8) is 0 Å². The van der Waals surface area contributed by atoms with E-state index in [2.05, 4.69) is 35.5 Å². The van der Waals surface area contributed by atoms with Gasteiger partial charge in [-0.2, -0.15) is 0 Å². The molecule has 8 rings (SSSR count). The summed E-state index contributed by atoms with van der Waals surface area (Å²) in [5.74, 6) is -0.745. The van der Waals surface area contributed by atoms with Gasteiger partial charge in [0.2, 0.25) is 0 Å². The van der Waals surface area contributed by atoms with Gasteiger partial charge in [-0.15, -0.1) is 0 Å². The monoisotopic (exact) mass is 581 g/mol. The third-order valence-corrected chi connectivity index (χ3v) is 8.99. The second-order valence-electron chi connectivity index (χ2n) is 11.3. The van der Waals surface area contributed by atoms with Crippen molar-refractivity contribution in [2.45, 2.75) is 38.7 Å². The Kier molecular flexibility index (Phi) is 5.89. The van der Waals surface area contributed by atoms with Gasteiger partial charge in [0.25, 0.3) is 5.56 Å². The van der Waals surface area contributed by atoms with Crippen molar-refractivity contribution in [3.05, 3.63) is 123 Å². The molecule has 8 heteroatoms. The largest absolute Gasteiger partial charge is 0.458 e. The summed E-state index contributed by atoms with van der Waals surface area (Å²) >= 11 is 0. The topological polar surface area (TPSA) is 103 Å². The molecule has 44 heavy (non-hydrogen) atoms. The summed E-state index contributed by atoms with van der Waals surface area (Å²) in [7, 11) is 0. The van der Waals surface area contributed by atoms with E-state index in [4.69, 9.17) is 14.6 Å². The van der Waals surface area contributed by atoms with Gasteiger partial charge >= 0.3 is 5.97 Å². The van der Waals surface area contributed by atoms with Gasteiger partial charge in [-0.1, -0.05) is 78.8 Å². The van der Waals surface area contributed by atoms with Crippen molar-refractivity contribution in [1.82, 2.24) is 9.55 Å². The smallest absolute Gasteiger partial charge is 0.343 e. The lowest BCUT2D eigenvalue weighted by atomic mass is 9.86. The highest BCUT2D eigenvalue weighted by atomic mass is 16.6. The summed E-state index contributed by atoms with van der Waals surface area (Å²) in [6, 6.07) is 28.1. The summed E-state index contributed by atoms with van der Waals surface area (Å²) in [6.45, 7) is 2.06. The third kappa shape index (κ3) is 3.81. The van der Waals surface area contributed by atoms with Gasteiger partial charge in [0.15, 0.2) is 5.60 Å². The number of hydrogen-bond acceptors (Lipinski definition) is 7. The van der Waals surface area contributed by atoms with E-state index >= 15 is 0 Å². The first kappa shape index (κ1) is 26.3. The summed E-state index contributed by atoms with van der Waals surface area (Å²) < 4.78 is 6.85. The summed E-state index contributed by atoms with van der Waals surface area (Å²) in [5.41, 5.74) is 2.96. The Balaban J connectivity index is 1.22. The van der Waals surface area contributed by atoms with Crippen molar-refractivity contribution in [2.75, 3.05) is 0 Å². The van der Waals surface area contributed by atoms with E-state index in [9.17, 15) is 14.7 Å². The highest BCUT2D eigenvalue weighted by molar-refractivity contribution is 6.03. The number of pyridine rings is 2. The van der Waals surface area contributed by atoms with E-state index in [1.54, 1.807) is 23.8 Å². The van der Waals surface area contributed by atoms with Crippen molar-refractivity contribution >= 4 is 44.6 Å². The van der Waals surface area contributed by atoms with Crippen LogP contribution in [0, 0.1) is 0 Å². The summed E-state index contributed by atoms with van der Waals surface area (Å²) in [6.07, 6.45) is 1.78.